The second kappa shape index (κ2) is 8.52. The molecule has 1 aliphatic rings. The summed E-state index contributed by atoms with van der Waals surface area (Å²) in [4.78, 5) is 26.3. The van der Waals surface area contributed by atoms with Crippen molar-refractivity contribution in [2.45, 2.75) is 45.6 Å². The molecule has 0 aliphatic heterocycles. The van der Waals surface area contributed by atoms with E-state index in [1.807, 2.05) is 6.92 Å². The molecule has 0 radical (unpaired) electrons. The van der Waals surface area contributed by atoms with E-state index in [0.717, 1.165) is 31.2 Å². The Hall–Kier alpha value is -2.41. The maximum absolute atomic E-state index is 13.0. The minimum absolute atomic E-state index is 0.153. The first-order chi connectivity index (χ1) is 13.0. The Morgan fingerprint density at radius 1 is 1.22 bits per heavy atom. The predicted octanol–water partition coefficient (Wildman–Crippen LogP) is 3.92. The van der Waals surface area contributed by atoms with Gasteiger partial charge >= 0.3 is 0 Å². The first kappa shape index (κ1) is 19.4. The topological polar surface area (TPSA) is 67.4 Å². The number of halogens is 1. The third kappa shape index (κ3) is 4.47. The Labute approximate surface area is 161 Å². The summed E-state index contributed by atoms with van der Waals surface area (Å²) in [5, 5.41) is 6.27. The monoisotopic (exact) mass is 390 g/mol. The fourth-order valence-corrected chi connectivity index (χ4v) is 4.42. The van der Waals surface area contributed by atoms with Crippen molar-refractivity contribution < 1.29 is 18.7 Å². The third-order valence-corrected chi connectivity index (χ3v) is 5.68. The van der Waals surface area contributed by atoms with Gasteiger partial charge in [0.25, 0.3) is 11.8 Å². The van der Waals surface area contributed by atoms with Gasteiger partial charge in [-0.3, -0.25) is 9.59 Å². The summed E-state index contributed by atoms with van der Waals surface area (Å²) in [5.41, 5.74) is 1.64. The van der Waals surface area contributed by atoms with Gasteiger partial charge in [0.05, 0.1) is 5.56 Å². The molecular weight excluding hydrogens is 367 g/mol. The van der Waals surface area contributed by atoms with Crippen LogP contribution >= 0.6 is 11.3 Å². The summed E-state index contributed by atoms with van der Waals surface area (Å²) in [6, 6.07) is 5.51. The standard InChI is InChI=1S/C20H23FN2O3S/c1-3-22-19(25)17-15-6-4-5-7-16(15)27-20(17)23-18(24)12(2)26-14-10-8-13(21)9-11-14/h8-12H,3-7H2,1-2H3,(H,22,25)(H,23,24)/t12-/m1/s1. The van der Waals surface area contributed by atoms with E-state index in [9.17, 15) is 14.0 Å². The molecule has 0 unspecified atom stereocenters. The Morgan fingerprint density at radius 3 is 2.63 bits per heavy atom. The van der Waals surface area contributed by atoms with Gasteiger partial charge in [0.1, 0.15) is 16.6 Å². The zero-order valence-electron chi connectivity index (χ0n) is 15.4. The predicted molar refractivity (Wildman–Crippen MR) is 104 cm³/mol. The van der Waals surface area contributed by atoms with E-state index >= 15 is 0 Å². The summed E-state index contributed by atoms with van der Waals surface area (Å²) < 4.78 is 18.6. The van der Waals surface area contributed by atoms with Crippen LogP contribution in [-0.2, 0) is 17.6 Å². The van der Waals surface area contributed by atoms with Crippen LogP contribution in [0.15, 0.2) is 24.3 Å². The van der Waals surface area contributed by atoms with Crippen LogP contribution in [0.1, 0.15) is 47.5 Å². The molecule has 27 heavy (non-hydrogen) atoms. The zero-order chi connectivity index (χ0) is 19.4. The van der Waals surface area contributed by atoms with Crippen molar-refractivity contribution in [2.24, 2.45) is 0 Å². The highest BCUT2D eigenvalue weighted by Gasteiger charge is 2.27. The molecule has 1 aliphatic carbocycles. The largest absolute Gasteiger partial charge is 0.481 e. The van der Waals surface area contributed by atoms with Crippen LogP contribution in [-0.4, -0.2) is 24.5 Å². The molecule has 1 heterocycles. The highest BCUT2D eigenvalue weighted by Crippen LogP contribution is 2.38. The summed E-state index contributed by atoms with van der Waals surface area (Å²) >= 11 is 1.47. The lowest BCUT2D eigenvalue weighted by Gasteiger charge is -2.15. The van der Waals surface area contributed by atoms with E-state index in [0.29, 0.717) is 22.9 Å². The Balaban J connectivity index is 1.77. The number of anilines is 1. The second-order valence-electron chi connectivity index (χ2n) is 6.48. The van der Waals surface area contributed by atoms with E-state index in [2.05, 4.69) is 10.6 Å². The summed E-state index contributed by atoms with van der Waals surface area (Å²) in [6.07, 6.45) is 3.16. The normalized spacial score (nSPS) is 14.2. The average molecular weight is 390 g/mol. The van der Waals surface area contributed by atoms with Crippen molar-refractivity contribution >= 4 is 28.2 Å². The van der Waals surface area contributed by atoms with Crippen LogP contribution in [0.25, 0.3) is 0 Å². The molecule has 1 aromatic carbocycles. The third-order valence-electron chi connectivity index (χ3n) is 4.47. The van der Waals surface area contributed by atoms with Gasteiger partial charge in [0.15, 0.2) is 6.10 Å². The fraction of sp³-hybridized carbons (Fsp3) is 0.400. The number of carbonyl (C=O) groups is 2. The number of hydrogen-bond acceptors (Lipinski definition) is 4. The van der Waals surface area contributed by atoms with Gasteiger partial charge in [0.2, 0.25) is 0 Å². The number of aryl methyl sites for hydroxylation is 1. The van der Waals surface area contributed by atoms with Crippen LogP contribution in [0.3, 0.4) is 0 Å². The maximum atomic E-state index is 13.0. The molecule has 7 heteroatoms. The molecule has 2 aromatic rings. The van der Waals surface area contributed by atoms with Gasteiger partial charge in [-0.15, -0.1) is 11.3 Å². The minimum Gasteiger partial charge on any atom is -0.481 e. The number of benzene rings is 1. The second-order valence-corrected chi connectivity index (χ2v) is 7.58. The van der Waals surface area contributed by atoms with E-state index in [1.54, 1.807) is 6.92 Å². The number of fused-ring (bicyclic) bond motifs is 1. The number of hydrogen-bond donors (Lipinski definition) is 2. The minimum atomic E-state index is -0.781. The average Bonchev–Trinajstić information content (AvgIpc) is 3.01. The molecule has 144 valence electrons. The molecule has 1 aromatic heterocycles. The van der Waals surface area contributed by atoms with Crippen LogP contribution in [0.2, 0.25) is 0 Å². The Bertz CT molecular complexity index is 832. The molecule has 0 spiro atoms. The molecule has 0 saturated heterocycles. The summed E-state index contributed by atoms with van der Waals surface area (Å²) in [6.45, 7) is 4.02. The zero-order valence-corrected chi connectivity index (χ0v) is 16.2. The summed E-state index contributed by atoms with van der Waals surface area (Å²) in [7, 11) is 0. The molecule has 2 amide bonds. The number of amides is 2. The SMILES string of the molecule is CCNC(=O)c1c(NC(=O)[C@@H](C)Oc2ccc(F)cc2)sc2c1CCCC2. The molecule has 2 N–H and O–H groups in total. The maximum Gasteiger partial charge on any atom is 0.265 e. The van der Waals surface area contributed by atoms with Gasteiger partial charge in [-0.05, 0) is 69.4 Å². The number of carbonyl (C=O) groups excluding carboxylic acids is 2. The highest BCUT2D eigenvalue weighted by molar-refractivity contribution is 7.17. The number of nitrogens with one attached hydrogen (secondary N) is 2. The summed E-state index contributed by atoms with van der Waals surface area (Å²) in [5.74, 6) is -0.452. The van der Waals surface area contributed by atoms with Crippen molar-refractivity contribution in [3.05, 3.63) is 46.1 Å². The van der Waals surface area contributed by atoms with Crippen LogP contribution < -0.4 is 15.4 Å². The first-order valence-corrected chi connectivity index (χ1v) is 9.97. The van der Waals surface area contributed by atoms with Gasteiger partial charge in [0, 0.05) is 11.4 Å². The van der Waals surface area contributed by atoms with Crippen molar-refractivity contribution in [1.29, 1.82) is 0 Å². The lowest BCUT2D eigenvalue weighted by atomic mass is 9.95. The van der Waals surface area contributed by atoms with Gasteiger partial charge in [-0.1, -0.05) is 0 Å². The Kier molecular flexibility index (Phi) is 6.11. The van der Waals surface area contributed by atoms with Crippen LogP contribution in [0.4, 0.5) is 9.39 Å². The van der Waals surface area contributed by atoms with Crippen molar-refractivity contribution in [3.63, 3.8) is 0 Å². The molecular formula is C20H23FN2O3S. The number of thiophene rings is 1. The molecule has 1 atom stereocenters. The van der Waals surface area contributed by atoms with E-state index in [4.69, 9.17) is 4.74 Å². The van der Waals surface area contributed by atoms with E-state index in [-0.39, 0.29) is 17.6 Å². The molecule has 0 saturated carbocycles. The Morgan fingerprint density at radius 2 is 1.93 bits per heavy atom. The molecule has 3 rings (SSSR count). The fourth-order valence-electron chi connectivity index (χ4n) is 3.13. The van der Waals surface area contributed by atoms with Crippen molar-refractivity contribution in [1.82, 2.24) is 5.32 Å². The number of ether oxygens (including phenoxy) is 1. The first-order valence-electron chi connectivity index (χ1n) is 9.15. The van der Waals surface area contributed by atoms with Gasteiger partial charge < -0.3 is 15.4 Å². The lowest BCUT2D eigenvalue weighted by Crippen LogP contribution is -2.31. The lowest BCUT2D eigenvalue weighted by molar-refractivity contribution is -0.122. The van der Waals surface area contributed by atoms with E-state index in [1.165, 1.54) is 40.5 Å². The van der Waals surface area contributed by atoms with Crippen molar-refractivity contribution in [2.75, 3.05) is 11.9 Å². The number of rotatable bonds is 6. The molecule has 0 fully saturated rings. The molecule has 0 bridgehead atoms. The molecule has 5 nitrogen and oxygen atoms in total. The smallest absolute Gasteiger partial charge is 0.265 e. The van der Waals surface area contributed by atoms with Crippen LogP contribution in [0.5, 0.6) is 5.75 Å². The van der Waals surface area contributed by atoms with Gasteiger partial charge in [-0.25, -0.2) is 4.39 Å². The van der Waals surface area contributed by atoms with E-state index < -0.39 is 6.10 Å². The quantitative estimate of drug-likeness (QED) is 0.786. The van der Waals surface area contributed by atoms with Crippen LogP contribution in [0, 0.1) is 5.82 Å². The highest BCUT2D eigenvalue weighted by atomic mass is 32.1. The van der Waals surface area contributed by atoms with Gasteiger partial charge in [-0.2, -0.15) is 0 Å². The van der Waals surface area contributed by atoms with Crippen molar-refractivity contribution in [3.8, 4) is 5.75 Å².